The van der Waals surface area contributed by atoms with Crippen molar-refractivity contribution in [1.82, 2.24) is 10.2 Å². The molecule has 90 valence electrons. The van der Waals surface area contributed by atoms with E-state index in [-0.39, 0.29) is 22.9 Å². The lowest BCUT2D eigenvalue weighted by Gasteiger charge is -2.11. The average Bonchev–Trinajstić information content (AvgIpc) is 2.71. The summed E-state index contributed by atoms with van der Waals surface area (Å²) in [5.41, 5.74) is 6.81. The number of anilines is 1. The predicted octanol–water partition coefficient (Wildman–Crippen LogP) is 1.82. The highest BCUT2D eigenvalue weighted by atomic mass is 19.1. The summed E-state index contributed by atoms with van der Waals surface area (Å²) in [6, 6.07) is 1.49. The summed E-state index contributed by atoms with van der Waals surface area (Å²) in [5.74, 6) is -0.809. The number of phenols is 1. The van der Waals surface area contributed by atoms with Crippen molar-refractivity contribution in [1.29, 1.82) is 0 Å². The Balaban J connectivity index is 2.72. The number of methoxy groups -OCH3 is 1. The van der Waals surface area contributed by atoms with Crippen LogP contribution in [0.3, 0.4) is 0 Å². The number of H-pyrrole nitrogens is 1. The van der Waals surface area contributed by atoms with Crippen molar-refractivity contribution in [2.24, 2.45) is 0 Å². The van der Waals surface area contributed by atoms with E-state index in [9.17, 15) is 9.50 Å². The van der Waals surface area contributed by atoms with Crippen LogP contribution in [0, 0.1) is 12.7 Å². The monoisotopic (exact) mass is 237 g/mol. The zero-order chi connectivity index (χ0) is 12.6. The third-order valence-electron chi connectivity index (χ3n) is 2.55. The summed E-state index contributed by atoms with van der Waals surface area (Å²) < 4.78 is 18.9. The molecule has 0 unspecified atom stereocenters. The van der Waals surface area contributed by atoms with Crippen LogP contribution in [0.2, 0.25) is 0 Å². The molecule has 0 aliphatic rings. The average molecular weight is 237 g/mol. The van der Waals surface area contributed by atoms with Crippen LogP contribution in [0.25, 0.3) is 11.1 Å². The first-order valence-corrected chi connectivity index (χ1v) is 4.91. The molecule has 0 aliphatic heterocycles. The molecule has 2 rings (SSSR count). The number of aromatic nitrogens is 2. The van der Waals surface area contributed by atoms with Crippen molar-refractivity contribution in [2.75, 3.05) is 12.8 Å². The first-order valence-electron chi connectivity index (χ1n) is 4.91. The number of phenolic OH excluding ortho intramolecular Hbond substituents is 1. The number of nitrogens with zero attached hydrogens (tertiary/aromatic N) is 1. The summed E-state index contributed by atoms with van der Waals surface area (Å²) in [4.78, 5) is 0. The van der Waals surface area contributed by atoms with E-state index in [0.717, 1.165) is 0 Å². The quantitative estimate of drug-likeness (QED) is 0.743. The van der Waals surface area contributed by atoms with Gasteiger partial charge < -0.3 is 15.6 Å². The number of nitrogen functional groups attached to an aromatic ring is 1. The first kappa shape index (κ1) is 11.3. The minimum Gasteiger partial charge on any atom is -0.504 e. The molecule has 1 heterocycles. The van der Waals surface area contributed by atoms with Gasteiger partial charge in [0.2, 0.25) is 0 Å². The lowest BCUT2D eigenvalue weighted by Crippen LogP contribution is -1.96. The van der Waals surface area contributed by atoms with Gasteiger partial charge in [-0.25, -0.2) is 4.39 Å². The minimum atomic E-state index is -0.663. The number of halogens is 1. The molecule has 0 atom stereocenters. The van der Waals surface area contributed by atoms with Crippen LogP contribution in [0.5, 0.6) is 11.5 Å². The van der Waals surface area contributed by atoms with Gasteiger partial charge in [-0.15, -0.1) is 0 Å². The molecule has 0 aliphatic carbocycles. The van der Waals surface area contributed by atoms with Crippen LogP contribution in [-0.4, -0.2) is 22.4 Å². The van der Waals surface area contributed by atoms with E-state index in [2.05, 4.69) is 10.2 Å². The van der Waals surface area contributed by atoms with Crippen molar-refractivity contribution in [3.8, 4) is 22.6 Å². The van der Waals surface area contributed by atoms with Crippen LogP contribution in [0.15, 0.2) is 12.3 Å². The van der Waals surface area contributed by atoms with E-state index < -0.39 is 5.82 Å². The third-order valence-corrected chi connectivity index (χ3v) is 2.55. The van der Waals surface area contributed by atoms with Gasteiger partial charge in [0.25, 0.3) is 0 Å². The Hall–Kier alpha value is -2.24. The number of hydrogen-bond acceptors (Lipinski definition) is 4. The molecule has 0 amide bonds. The molecule has 0 saturated carbocycles. The van der Waals surface area contributed by atoms with E-state index in [1.54, 1.807) is 6.92 Å². The molecule has 0 spiro atoms. The maximum absolute atomic E-state index is 14.1. The van der Waals surface area contributed by atoms with Crippen LogP contribution < -0.4 is 10.5 Å². The van der Waals surface area contributed by atoms with Crippen molar-refractivity contribution in [3.05, 3.63) is 23.6 Å². The molecule has 17 heavy (non-hydrogen) atoms. The first-order chi connectivity index (χ1) is 8.06. The molecule has 0 saturated heterocycles. The number of nitrogens with two attached hydrogens (primary N) is 1. The fourth-order valence-corrected chi connectivity index (χ4v) is 1.65. The van der Waals surface area contributed by atoms with Gasteiger partial charge in [-0.1, -0.05) is 0 Å². The summed E-state index contributed by atoms with van der Waals surface area (Å²) in [7, 11) is 1.29. The Morgan fingerprint density at radius 2 is 2.18 bits per heavy atom. The van der Waals surface area contributed by atoms with Gasteiger partial charge in [-0.05, 0) is 18.6 Å². The molecule has 1 aromatic heterocycles. The van der Waals surface area contributed by atoms with Crippen molar-refractivity contribution in [3.63, 3.8) is 0 Å². The molecule has 0 fully saturated rings. The molecule has 2 aromatic rings. The lowest BCUT2D eigenvalue weighted by atomic mass is 10.0. The van der Waals surface area contributed by atoms with E-state index in [1.165, 1.54) is 19.4 Å². The number of aryl methyl sites for hydroxylation is 1. The number of aromatic hydroxyl groups is 1. The standard InChI is InChI=1S/C11H12FN3O2/c1-5-3-6(7-4-14-15-11(7)13)8(12)10(17-2)9(5)16/h3-4,16H,1-2H3,(H3,13,14,15). The van der Waals surface area contributed by atoms with Gasteiger partial charge in [-0.3, -0.25) is 5.10 Å². The van der Waals surface area contributed by atoms with Gasteiger partial charge in [-0.2, -0.15) is 5.10 Å². The Morgan fingerprint density at radius 3 is 2.71 bits per heavy atom. The number of aromatic amines is 1. The highest BCUT2D eigenvalue weighted by molar-refractivity contribution is 5.76. The molecule has 5 nitrogen and oxygen atoms in total. The second-order valence-corrected chi connectivity index (χ2v) is 3.63. The largest absolute Gasteiger partial charge is 0.504 e. The molecular weight excluding hydrogens is 225 g/mol. The van der Waals surface area contributed by atoms with Crippen molar-refractivity contribution in [2.45, 2.75) is 6.92 Å². The topological polar surface area (TPSA) is 84.2 Å². The van der Waals surface area contributed by atoms with Crippen LogP contribution in [0.4, 0.5) is 10.2 Å². The van der Waals surface area contributed by atoms with Gasteiger partial charge in [0.15, 0.2) is 17.3 Å². The summed E-state index contributed by atoms with van der Waals surface area (Å²) in [6.45, 7) is 1.65. The van der Waals surface area contributed by atoms with E-state index in [0.29, 0.717) is 11.1 Å². The zero-order valence-electron chi connectivity index (χ0n) is 9.41. The lowest BCUT2D eigenvalue weighted by molar-refractivity contribution is 0.350. The van der Waals surface area contributed by atoms with Crippen LogP contribution in [0.1, 0.15) is 5.56 Å². The molecule has 1 aromatic carbocycles. The highest BCUT2D eigenvalue weighted by Crippen LogP contribution is 2.39. The van der Waals surface area contributed by atoms with E-state index in [1.807, 2.05) is 0 Å². The van der Waals surface area contributed by atoms with Gasteiger partial charge >= 0.3 is 0 Å². The number of rotatable bonds is 2. The Bertz CT molecular complexity index is 566. The van der Waals surface area contributed by atoms with Crippen LogP contribution in [-0.2, 0) is 0 Å². The smallest absolute Gasteiger partial charge is 0.197 e. The molecule has 0 bridgehead atoms. The maximum atomic E-state index is 14.1. The maximum Gasteiger partial charge on any atom is 0.197 e. The second kappa shape index (κ2) is 3.97. The fraction of sp³-hybridized carbons (Fsp3) is 0.182. The summed E-state index contributed by atoms with van der Waals surface area (Å²) >= 11 is 0. The zero-order valence-corrected chi connectivity index (χ0v) is 9.41. The van der Waals surface area contributed by atoms with Crippen molar-refractivity contribution < 1.29 is 14.2 Å². The molecule has 6 heteroatoms. The SMILES string of the molecule is COc1c(O)c(C)cc(-c2cn[nH]c2N)c1F. The number of nitrogens with one attached hydrogen (secondary N) is 1. The summed E-state index contributed by atoms with van der Waals surface area (Å²) in [6.07, 6.45) is 1.42. The Kier molecular flexibility index (Phi) is 2.63. The van der Waals surface area contributed by atoms with E-state index >= 15 is 0 Å². The third kappa shape index (κ3) is 1.67. The normalized spacial score (nSPS) is 10.5. The van der Waals surface area contributed by atoms with Gasteiger partial charge in [0.05, 0.1) is 13.3 Å². The van der Waals surface area contributed by atoms with Gasteiger partial charge in [0, 0.05) is 11.1 Å². The van der Waals surface area contributed by atoms with Crippen molar-refractivity contribution >= 4 is 5.82 Å². The Labute approximate surface area is 97.0 Å². The Morgan fingerprint density at radius 1 is 1.47 bits per heavy atom. The number of hydrogen-bond donors (Lipinski definition) is 3. The van der Waals surface area contributed by atoms with E-state index in [4.69, 9.17) is 10.5 Å². The van der Waals surface area contributed by atoms with Crippen LogP contribution >= 0.6 is 0 Å². The second-order valence-electron chi connectivity index (χ2n) is 3.63. The molecule has 4 N–H and O–H groups in total. The highest BCUT2D eigenvalue weighted by Gasteiger charge is 2.19. The molecule has 0 radical (unpaired) electrons. The summed E-state index contributed by atoms with van der Waals surface area (Å²) in [5, 5.41) is 15.9. The number of ether oxygens (including phenoxy) is 1. The fourth-order valence-electron chi connectivity index (χ4n) is 1.65. The molecular formula is C11H12FN3O2. The number of benzene rings is 1. The minimum absolute atomic E-state index is 0.194. The predicted molar refractivity (Wildman–Crippen MR) is 61.3 cm³/mol. The van der Waals surface area contributed by atoms with Gasteiger partial charge in [0.1, 0.15) is 5.82 Å².